The Balaban J connectivity index is 2.30. The van der Waals surface area contributed by atoms with E-state index in [2.05, 4.69) is 6.58 Å². The minimum atomic E-state index is -1.34. The van der Waals surface area contributed by atoms with E-state index in [1.807, 2.05) is 54.6 Å². The summed E-state index contributed by atoms with van der Waals surface area (Å²) in [7, 11) is 2.97. The molecule has 0 heterocycles. The van der Waals surface area contributed by atoms with Crippen LogP contribution in [-0.2, 0) is 14.3 Å². The third kappa shape index (κ3) is 2.17. The summed E-state index contributed by atoms with van der Waals surface area (Å²) in [6.07, 6.45) is 1.75. The van der Waals surface area contributed by atoms with E-state index in [1.165, 1.54) is 14.2 Å². The summed E-state index contributed by atoms with van der Waals surface area (Å²) in [5.41, 5.74) is 4.03. The molecule has 1 aliphatic carbocycles. The second kappa shape index (κ2) is 5.95. The van der Waals surface area contributed by atoms with Gasteiger partial charge in [0.1, 0.15) is 0 Å². The van der Waals surface area contributed by atoms with E-state index in [0.29, 0.717) is 5.57 Å². The van der Waals surface area contributed by atoms with Gasteiger partial charge in [-0.3, -0.25) is 4.79 Å². The molecule has 116 valence electrons. The lowest BCUT2D eigenvalue weighted by atomic mass is 9.72. The van der Waals surface area contributed by atoms with E-state index < -0.39 is 5.79 Å². The molecular formula is C20H18O3. The van der Waals surface area contributed by atoms with Crippen LogP contribution in [0.15, 0.2) is 61.2 Å². The lowest BCUT2D eigenvalue weighted by Crippen LogP contribution is -2.52. The topological polar surface area (TPSA) is 35.5 Å². The minimum Gasteiger partial charge on any atom is -0.343 e. The molecule has 0 saturated carbocycles. The van der Waals surface area contributed by atoms with Crippen LogP contribution in [0.1, 0.15) is 16.7 Å². The molecular weight excluding hydrogens is 288 g/mol. The molecule has 3 heteroatoms. The van der Waals surface area contributed by atoms with Crippen molar-refractivity contribution < 1.29 is 14.3 Å². The van der Waals surface area contributed by atoms with Crippen molar-refractivity contribution >= 4 is 23.0 Å². The molecule has 0 bridgehead atoms. The fourth-order valence-electron chi connectivity index (χ4n) is 3.07. The molecule has 0 amide bonds. The van der Waals surface area contributed by atoms with Gasteiger partial charge >= 0.3 is 0 Å². The van der Waals surface area contributed by atoms with Crippen LogP contribution in [0.2, 0.25) is 0 Å². The average Bonchev–Trinajstić information content (AvgIpc) is 2.61. The van der Waals surface area contributed by atoms with Crippen molar-refractivity contribution in [3.05, 3.63) is 77.9 Å². The van der Waals surface area contributed by atoms with Gasteiger partial charge in [-0.05, 0) is 16.7 Å². The molecule has 0 fully saturated rings. The van der Waals surface area contributed by atoms with Crippen molar-refractivity contribution in [2.75, 3.05) is 14.2 Å². The maximum Gasteiger partial charge on any atom is 0.262 e. The highest BCUT2D eigenvalue weighted by Gasteiger charge is 2.56. The Kier molecular flexibility index (Phi) is 3.99. The molecule has 1 aliphatic rings. The first-order valence-electron chi connectivity index (χ1n) is 7.36. The number of hydrogen-bond donors (Lipinski definition) is 0. The molecule has 0 radical (unpaired) electrons. The molecule has 0 spiro atoms. The van der Waals surface area contributed by atoms with Gasteiger partial charge in [0.25, 0.3) is 5.79 Å². The van der Waals surface area contributed by atoms with Gasteiger partial charge in [0.05, 0.1) is 0 Å². The zero-order chi connectivity index (χ0) is 16.4. The van der Waals surface area contributed by atoms with Crippen molar-refractivity contribution in [3.63, 3.8) is 0 Å². The first-order chi connectivity index (χ1) is 11.2. The highest BCUT2D eigenvalue weighted by atomic mass is 16.7. The van der Waals surface area contributed by atoms with Crippen LogP contribution in [0.3, 0.4) is 0 Å². The van der Waals surface area contributed by atoms with Crippen LogP contribution < -0.4 is 0 Å². The molecule has 2 aromatic rings. The number of ketones is 1. The normalized spacial score (nSPS) is 16.2. The SMILES string of the molecule is C=Cc1ccccc1C1=C(c2ccccc2)C(OC)(OC)C1=O. The monoisotopic (exact) mass is 306 g/mol. The maximum atomic E-state index is 12.9. The summed E-state index contributed by atoms with van der Waals surface area (Å²) in [6.45, 7) is 3.84. The molecule has 3 nitrogen and oxygen atoms in total. The molecule has 0 aromatic heterocycles. The second-order valence-corrected chi connectivity index (χ2v) is 5.26. The third-order valence-electron chi connectivity index (χ3n) is 4.19. The summed E-state index contributed by atoms with van der Waals surface area (Å²) < 4.78 is 10.9. The quantitative estimate of drug-likeness (QED) is 0.788. The molecule has 0 aliphatic heterocycles. The van der Waals surface area contributed by atoms with Gasteiger partial charge in [-0.25, -0.2) is 0 Å². The number of ether oxygens (including phenoxy) is 2. The van der Waals surface area contributed by atoms with Gasteiger partial charge in [0.2, 0.25) is 5.78 Å². The highest BCUT2D eigenvalue weighted by molar-refractivity contribution is 6.44. The highest BCUT2D eigenvalue weighted by Crippen LogP contribution is 2.50. The van der Waals surface area contributed by atoms with Crippen LogP contribution in [0.25, 0.3) is 17.2 Å². The Morgan fingerprint density at radius 3 is 2.17 bits per heavy atom. The Morgan fingerprint density at radius 2 is 1.57 bits per heavy atom. The molecule has 23 heavy (non-hydrogen) atoms. The van der Waals surface area contributed by atoms with Gasteiger partial charge in [-0.15, -0.1) is 0 Å². The van der Waals surface area contributed by atoms with E-state index in [0.717, 1.165) is 22.3 Å². The number of rotatable bonds is 5. The van der Waals surface area contributed by atoms with Crippen LogP contribution >= 0.6 is 0 Å². The Hall–Kier alpha value is -2.49. The molecule has 3 rings (SSSR count). The molecule has 2 aromatic carbocycles. The molecule has 0 N–H and O–H groups in total. The van der Waals surface area contributed by atoms with Crippen LogP contribution in [-0.4, -0.2) is 25.8 Å². The molecule has 0 unspecified atom stereocenters. The van der Waals surface area contributed by atoms with E-state index in [-0.39, 0.29) is 5.78 Å². The van der Waals surface area contributed by atoms with E-state index >= 15 is 0 Å². The smallest absolute Gasteiger partial charge is 0.262 e. The number of hydrogen-bond acceptors (Lipinski definition) is 3. The standard InChI is InChI=1S/C20H18O3/c1-4-14-10-8-9-13-16(14)17-18(15-11-6-5-7-12-15)20(22-2,23-3)19(17)21/h4-13H,1H2,2-3H3. The number of carbonyl (C=O) groups is 1. The van der Waals surface area contributed by atoms with Crippen molar-refractivity contribution in [1.82, 2.24) is 0 Å². The fraction of sp³-hybridized carbons (Fsp3) is 0.150. The first kappa shape index (κ1) is 15.4. The van der Waals surface area contributed by atoms with Gasteiger partial charge in [-0.2, -0.15) is 0 Å². The summed E-state index contributed by atoms with van der Waals surface area (Å²) in [4.78, 5) is 12.9. The van der Waals surface area contributed by atoms with Crippen LogP contribution in [0, 0.1) is 0 Å². The lowest BCUT2D eigenvalue weighted by molar-refractivity contribution is -0.180. The predicted octanol–water partition coefficient (Wildman–Crippen LogP) is 3.81. The third-order valence-corrected chi connectivity index (χ3v) is 4.19. The summed E-state index contributed by atoms with van der Waals surface area (Å²) >= 11 is 0. The number of Topliss-reactive ketones (excluding diaryl/α,β-unsaturated/α-hetero) is 1. The number of methoxy groups -OCH3 is 2. The molecule has 0 atom stereocenters. The van der Waals surface area contributed by atoms with E-state index in [4.69, 9.17) is 9.47 Å². The lowest BCUT2D eigenvalue weighted by Gasteiger charge is -2.42. The first-order valence-corrected chi connectivity index (χ1v) is 7.36. The average molecular weight is 306 g/mol. The summed E-state index contributed by atoms with van der Waals surface area (Å²) in [5, 5.41) is 0. The number of benzene rings is 2. The van der Waals surface area contributed by atoms with Gasteiger partial charge < -0.3 is 9.47 Å². The van der Waals surface area contributed by atoms with Crippen molar-refractivity contribution in [2.24, 2.45) is 0 Å². The molecule has 0 saturated heterocycles. The Labute approximate surface area is 135 Å². The Bertz CT molecular complexity index is 784. The van der Waals surface area contributed by atoms with Crippen molar-refractivity contribution in [1.29, 1.82) is 0 Å². The van der Waals surface area contributed by atoms with E-state index in [1.54, 1.807) is 6.08 Å². The summed E-state index contributed by atoms with van der Waals surface area (Å²) in [6, 6.07) is 17.4. The maximum absolute atomic E-state index is 12.9. The second-order valence-electron chi connectivity index (χ2n) is 5.26. The predicted molar refractivity (Wildman–Crippen MR) is 91.5 cm³/mol. The number of carbonyl (C=O) groups excluding carboxylic acids is 1. The fourth-order valence-corrected chi connectivity index (χ4v) is 3.07. The van der Waals surface area contributed by atoms with E-state index in [9.17, 15) is 4.79 Å². The zero-order valence-corrected chi connectivity index (χ0v) is 13.2. The van der Waals surface area contributed by atoms with Gasteiger partial charge in [-0.1, -0.05) is 67.3 Å². The van der Waals surface area contributed by atoms with Gasteiger partial charge in [0, 0.05) is 25.4 Å². The van der Waals surface area contributed by atoms with Crippen molar-refractivity contribution in [2.45, 2.75) is 5.79 Å². The van der Waals surface area contributed by atoms with Crippen LogP contribution in [0.5, 0.6) is 0 Å². The largest absolute Gasteiger partial charge is 0.343 e. The van der Waals surface area contributed by atoms with Gasteiger partial charge in [0.15, 0.2) is 0 Å². The van der Waals surface area contributed by atoms with Crippen molar-refractivity contribution in [3.8, 4) is 0 Å². The minimum absolute atomic E-state index is 0.171. The van der Waals surface area contributed by atoms with Crippen LogP contribution in [0.4, 0.5) is 0 Å². The Morgan fingerprint density at radius 1 is 0.957 bits per heavy atom. The summed E-state index contributed by atoms with van der Waals surface area (Å²) in [5.74, 6) is -1.51. The zero-order valence-electron chi connectivity index (χ0n) is 13.2.